The fraction of sp³-hybridized carbons (Fsp3) is 0.571. The maximum absolute atomic E-state index is 9.63. The number of nitrogens with zero attached hydrogens (tertiary/aromatic N) is 1. The van der Waals surface area contributed by atoms with Crippen molar-refractivity contribution in [1.82, 2.24) is 4.90 Å². The largest absolute Gasteiger partial charge is 0.508 e. The van der Waals surface area contributed by atoms with Crippen molar-refractivity contribution in [1.29, 1.82) is 0 Å². The van der Waals surface area contributed by atoms with E-state index >= 15 is 0 Å². The number of aryl methyl sites for hydroxylation is 1. The topological polar surface area (TPSA) is 32.7 Å². The van der Waals surface area contributed by atoms with Crippen molar-refractivity contribution in [3.63, 3.8) is 0 Å². The molecule has 94 valence electrons. The first-order chi connectivity index (χ1) is 8.36. The molecule has 0 aliphatic carbocycles. The third-order valence-electron chi connectivity index (χ3n) is 3.27. The standard InChI is InChI=1S/C14H21NO2/c16-14-7-2-1-5-13(14)6-3-4-8-15-9-11-17-12-10-15/h1-2,5,7,16H,3-4,6,8-12H2. The average Bonchev–Trinajstić information content (AvgIpc) is 2.38. The van der Waals surface area contributed by atoms with Gasteiger partial charge in [-0.1, -0.05) is 18.2 Å². The second-order valence-electron chi connectivity index (χ2n) is 4.54. The number of hydrogen-bond donors (Lipinski definition) is 1. The van der Waals surface area contributed by atoms with E-state index in [1.54, 1.807) is 6.07 Å². The Morgan fingerprint density at radius 1 is 1.12 bits per heavy atom. The molecule has 0 unspecified atom stereocenters. The van der Waals surface area contributed by atoms with Gasteiger partial charge in [-0.25, -0.2) is 0 Å². The monoisotopic (exact) mass is 235 g/mol. The molecule has 1 fully saturated rings. The van der Waals surface area contributed by atoms with Crippen LogP contribution in [-0.2, 0) is 11.2 Å². The van der Waals surface area contributed by atoms with E-state index in [1.807, 2.05) is 18.2 Å². The molecule has 0 amide bonds. The summed E-state index contributed by atoms with van der Waals surface area (Å²) in [5, 5.41) is 9.63. The summed E-state index contributed by atoms with van der Waals surface area (Å²) < 4.78 is 5.32. The molecule has 0 bridgehead atoms. The summed E-state index contributed by atoms with van der Waals surface area (Å²) in [4.78, 5) is 2.45. The molecule has 0 aromatic heterocycles. The highest BCUT2D eigenvalue weighted by atomic mass is 16.5. The van der Waals surface area contributed by atoms with Gasteiger partial charge in [0, 0.05) is 13.1 Å². The Hall–Kier alpha value is -1.06. The highest BCUT2D eigenvalue weighted by Gasteiger charge is 2.09. The fourth-order valence-corrected chi connectivity index (χ4v) is 2.20. The lowest BCUT2D eigenvalue weighted by molar-refractivity contribution is 0.0372. The summed E-state index contributed by atoms with van der Waals surface area (Å²) in [7, 11) is 0. The summed E-state index contributed by atoms with van der Waals surface area (Å²) in [6.07, 6.45) is 3.29. The Balaban J connectivity index is 1.64. The Morgan fingerprint density at radius 3 is 2.65 bits per heavy atom. The minimum absolute atomic E-state index is 0.430. The molecule has 0 saturated carbocycles. The average molecular weight is 235 g/mol. The van der Waals surface area contributed by atoms with Crippen LogP contribution < -0.4 is 0 Å². The number of morpholine rings is 1. The van der Waals surface area contributed by atoms with Crippen molar-refractivity contribution in [2.75, 3.05) is 32.8 Å². The molecule has 0 atom stereocenters. The molecule has 1 aliphatic heterocycles. The van der Waals surface area contributed by atoms with Crippen molar-refractivity contribution in [2.24, 2.45) is 0 Å². The summed E-state index contributed by atoms with van der Waals surface area (Å²) in [6, 6.07) is 7.62. The van der Waals surface area contributed by atoms with E-state index < -0.39 is 0 Å². The van der Waals surface area contributed by atoms with Crippen LogP contribution in [0.4, 0.5) is 0 Å². The Bertz CT molecular complexity index is 335. The number of phenols is 1. The lowest BCUT2D eigenvalue weighted by Crippen LogP contribution is -2.36. The molecular weight excluding hydrogens is 214 g/mol. The molecule has 1 N–H and O–H groups in total. The van der Waals surface area contributed by atoms with Gasteiger partial charge in [0.25, 0.3) is 0 Å². The molecule has 1 saturated heterocycles. The molecule has 2 rings (SSSR count). The molecule has 3 nitrogen and oxygen atoms in total. The maximum atomic E-state index is 9.63. The van der Waals surface area contributed by atoms with Gasteiger partial charge in [0.1, 0.15) is 5.75 Å². The maximum Gasteiger partial charge on any atom is 0.118 e. The highest BCUT2D eigenvalue weighted by Crippen LogP contribution is 2.17. The molecule has 1 heterocycles. The van der Waals surface area contributed by atoms with E-state index in [0.29, 0.717) is 5.75 Å². The zero-order chi connectivity index (χ0) is 11.9. The molecular formula is C14H21NO2. The lowest BCUT2D eigenvalue weighted by Gasteiger charge is -2.26. The fourth-order valence-electron chi connectivity index (χ4n) is 2.20. The minimum Gasteiger partial charge on any atom is -0.508 e. The third kappa shape index (κ3) is 4.02. The molecule has 0 spiro atoms. The SMILES string of the molecule is Oc1ccccc1CCCCN1CCOCC1. The van der Waals surface area contributed by atoms with Gasteiger partial charge in [-0.15, -0.1) is 0 Å². The summed E-state index contributed by atoms with van der Waals surface area (Å²) >= 11 is 0. The smallest absolute Gasteiger partial charge is 0.118 e. The van der Waals surface area contributed by atoms with Gasteiger partial charge in [-0.3, -0.25) is 4.90 Å². The number of para-hydroxylation sites is 1. The zero-order valence-electron chi connectivity index (χ0n) is 10.3. The van der Waals surface area contributed by atoms with Gasteiger partial charge in [-0.05, 0) is 37.4 Å². The summed E-state index contributed by atoms with van der Waals surface area (Å²) in [5.74, 6) is 0.430. The zero-order valence-corrected chi connectivity index (χ0v) is 10.3. The van der Waals surface area contributed by atoms with E-state index in [1.165, 1.54) is 6.42 Å². The first-order valence-electron chi connectivity index (χ1n) is 6.43. The number of hydrogen-bond acceptors (Lipinski definition) is 3. The number of aromatic hydroxyl groups is 1. The van der Waals surface area contributed by atoms with E-state index in [4.69, 9.17) is 4.74 Å². The predicted molar refractivity (Wildman–Crippen MR) is 68.3 cm³/mol. The molecule has 0 radical (unpaired) electrons. The first kappa shape index (κ1) is 12.4. The molecule has 1 aliphatic rings. The van der Waals surface area contributed by atoms with Crippen LogP contribution in [0.1, 0.15) is 18.4 Å². The van der Waals surface area contributed by atoms with Crippen molar-refractivity contribution in [3.8, 4) is 5.75 Å². The Kier molecular flexibility index (Phi) is 4.83. The van der Waals surface area contributed by atoms with Crippen LogP contribution in [0, 0.1) is 0 Å². The van der Waals surface area contributed by atoms with Crippen LogP contribution in [0.15, 0.2) is 24.3 Å². The minimum atomic E-state index is 0.430. The van der Waals surface area contributed by atoms with E-state index in [0.717, 1.165) is 51.3 Å². The van der Waals surface area contributed by atoms with Gasteiger partial charge in [0.15, 0.2) is 0 Å². The first-order valence-corrected chi connectivity index (χ1v) is 6.43. The second-order valence-corrected chi connectivity index (χ2v) is 4.54. The van der Waals surface area contributed by atoms with Gasteiger partial charge >= 0.3 is 0 Å². The molecule has 1 aromatic carbocycles. The van der Waals surface area contributed by atoms with Crippen LogP contribution in [-0.4, -0.2) is 42.9 Å². The number of unbranched alkanes of at least 4 members (excludes halogenated alkanes) is 1. The molecule has 1 aromatic rings. The number of rotatable bonds is 5. The second kappa shape index (κ2) is 6.62. The van der Waals surface area contributed by atoms with Crippen molar-refractivity contribution >= 4 is 0 Å². The van der Waals surface area contributed by atoms with Crippen molar-refractivity contribution in [3.05, 3.63) is 29.8 Å². The predicted octanol–water partition coefficient (Wildman–Crippen LogP) is 2.05. The van der Waals surface area contributed by atoms with Crippen LogP contribution in [0.3, 0.4) is 0 Å². The quantitative estimate of drug-likeness (QED) is 0.793. The van der Waals surface area contributed by atoms with E-state index in [2.05, 4.69) is 4.90 Å². The van der Waals surface area contributed by atoms with E-state index in [9.17, 15) is 5.11 Å². The number of benzene rings is 1. The Morgan fingerprint density at radius 2 is 1.88 bits per heavy atom. The van der Waals surface area contributed by atoms with Crippen LogP contribution >= 0.6 is 0 Å². The van der Waals surface area contributed by atoms with Crippen LogP contribution in [0.2, 0.25) is 0 Å². The van der Waals surface area contributed by atoms with Gasteiger partial charge in [0.05, 0.1) is 13.2 Å². The van der Waals surface area contributed by atoms with Gasteiger partial charge < -0.3 is 9.84 Å². The highest BCUT2D eigenvalue weighted by molar-refractivity contribution is 5.31. The van der Waals surface area contributed by atoms with Crippen molar-refractivity contribution in [2.45, 2.75) is 19.3 Å². The van der Waals surface area contributed by atoms with Crippen LogP contribution in [0.25, 0.3) is 0 Å². The third-order valence-corrected chi connectivity index (χ3v) is 3.27. The lowest BCUT2D eigenvalue weighted by atomic mass is 10.1. The summed E-state index contributed by atoms with van der Waals surface area (Å²) in [6.45, 7) is 5.03. The van der Waals surface area contributed by atoms with E-state index in [-0.39, 0.29) is 0 Å². The summed E-state index contributed by atoms with van der Waals surface area (Å²) in [5.41, 5.74) is 1.06. The molecule has 17 heavy (non-hydrogen) atoms. The van der Waals surface area contributed by atoms with Crippen LogP contribution in [0.5, 0.6) is 5.75 Å². The molecule has 3 heteroatoms. The number of ether oxygens (including phenoxy) is 1. The Labute approximate surface area is 103 Å². The van der Waals surface area contributed by atoms with Gasteiger partial charge in [-0.2, -0.15) is 0 Å². The van der Waals surface area contributed by atoms with Gasteiger partial charge in [0.2, 0.25) is 0 Å². The normalized spacial score (nSPS) is 17.2. The van der Waals surface area contributed by atoms with Crippen molar-refractivity contribution < 1.29 is 9.84 Å². The number of phenolic OH excluding ortho intramolecular Hbond substituents is 1.